The van der Waals surface area contributed by atoms with Crippen molar-refractivity contribution in [3.8, 4) is 0 Å². The van der Waals surface area contributed by atoms with E-state index in [-0.39, 0.29) is 5.56 Å². The minimum atomic E-state index is -0.602. The normalized spacial score (nSPS) is 22.1. The molecule has 0 aliphatic carbocycles. The number of hydrogen-bond donors (Lipinski definition) is 2. The zero-order valence-electron chi connectivity index (χ0n) is 13.4. The molecule has 1 aromatic carbocycles. The Morgan fingerprint density at radius 3 is 2.54 bits per heavy atom. The van der Waals surface area contributed by atoms with E-state index < -0.39 is 5.91 Å². The van der Waals surface area contributed by atoms with Crippen LogP contribution < -0.4 is 15.3 Å². The molecule has 2 aromatic rings. The Bertz CT molecular complexity index is 764. The third kappa shape index (κ3) is 2.46. The number of aromatic nitrogens is 2. The van der Waals surface area contributed by atoms with Crippen LogP contribution in [0.15, 0.2) is 36.7 Å². The number of carbonyl (C=O) groups is 1. The first-order chi connectivity index (χ1) is 11.7. The minimum Gasteiger partial charge on any atom is -0.365 e. The topological polar surface area (TPSA) is 81.6 Å². The summed E-state index contributed by atoms with van der Waals surface area (Å²) in [5.74, 6) is 0.0380. The van der Waals surface area contributed by atoms with Gasteiger partial charge in [-0.3, -0.25) is 10.0 Å². The van der Waals surface area contributed by atoms with Gasteiger partial charge in [0.05, 0.1) is 11.6 Å². The van der Waals surface area contributed by atoms with Gasteiger partial charge < -0.3 is 9.80 Å². The van der Waals surface area contributed by atoms with E-state index in [1.165, 1.54) is 23.6 Å². The first-order valence-electron chi connectivity index (χ1n) is 8.02. The molecule has 2 aliphatic rings. The quantitative estimate of drug-likeness (QED) is 0.655. The highest BCUT2D eigenvalue weighted by Crippen LogP contribution is 2.36. The van der Waals surface area contributed by atoms with Gasteiger partial charge in [-0.2, -0.15) is 0 Å². The third-order valence-corrected chi connectivity index (χ3v) is 4.83. The van der Waals surface area contributed by atoms with E-state index >= 15 is 0 Å². The summed E-state index contributed by atoms with van der Waals surface area (Å²) in [5.41, 5.74) is 4.38. The standard InChI is InChI=1S/C17H19N5O2/c1-11-3-2-4-13(5-11)21-9-15-6-14(21)10-22(15)17-18-7-12(8-19-17)16(23)20-24/h2-5,7-8,14-15,24H,6,9-10H2,1H3,(H,20,23)/t14-,15-/m1/s1. The molecule has 0 radical (unpaired) electrons. The lowest BCUT2D eigenvalue weighted by atomic mass is 10.2. The van der Waals surface area contributed by atoms with E-state index in [0.29, 0.717) is 18.0 Å². The molecule has 2 bridgehead atoms. The van der Waals surface area contributed by atoms with Crippen molar-refractivity contribution in [1.29, 1.82) is 0 Å². The van der Waals surface area contributed by atoms with Gasteiger partial charge in [0.25, 0.3) is 5.91 Å². The fraction of sp³-hybridized carbons (Fsp3) is 0.353. The first kappa shape index (κ1) is 14.9. The number of rotatable bonds is 3. The van der Waals surface area contributed by atoms with Gasteiger partial charge in [-0.25, -0.2) is 15.4 Å². The molecule has 24 heavy (non-hydrogen) atoms. The number of fused-ring (bicyclic) bond motifs is 2. The first-order valence-corrected chi connectivity index (χ1v) is 8.02. The van der Waals surface area contributed by atoms with E-state index in [0.717, 1.165) is 19.5 Å². The number of benzene rings is 1. The molecule has 124 valence electrons. The summed E-state index contributed by atoms with van der Waals surface area (Å²) in [6.45, 7) is 3.95. The molecule has 3 heterocycles. The number of nitrogens with one attached hydrogen (secondary N) is 1. The molecule has 2 fully saturated rings. The summed E-state index contributed by atoms with van der Waals surface area (Å²) in [6, 6.07) is 9.44. The predicted molar refractivity (Wildman–Crippen MR) is 89.3 cm³/mol. The van der Waals surface area contributed by atoms with Gasteiger partial charge in [-0.1, -0.05) is 12.1 Å². The summed E-state index contributed by atoms with van der Waals surface area (Å²) in [6.07, 6.45) is 3.98. The van der Waals surface area contributed by atoms with Gasteiger partial charge in [0.1, 0.15) is 0 Å². The Morgan fingerprint density at radius 1 is 1.21 bits per heavy atom. The van der Waals surface area contributed by atoms with E-state index in [9.17, 15) is 4.79 Å². The van der Waals surface area contributed by atoms with Crippen LogP contribution in [0.1, 0.15) is 22.3 Å². The number of hydrogen-bond acceptors (Lipinski definition) is 6. The van der Waals surface area contributed by atoms with Crippen LogP contribution in [0.4, 0.5) is 11.6 Å². The average molecular weight is 325 g/mol. The molecule has 4 rings (SSSR count). The summed E-state index contributed by atoms with van der Waals surface area (Å²) >= 11 is 0. The summed E-state index contributed by atoms with van der Waals surface area (Å²) in [4.78, 5) is 24.6. The molecule has 2 saturated heterocycles. The van der Waals surface area contributed by atoms with Crippen molar-refractivity contribution in [2.45, 2.75) is 25.4 Å². The molecule has 7 nitrogen and oxygen atoms in total. The van der Waals surface area contributed by atoms with E-state index in [4.69, 9.17) is 5.21 Å². The molecule has 2 atom stereocenters. The average Bonchev–Trinajstić information content (AvgIpc) is 3.22. The second kappa shape index (κ2) is 5.76. The molecule has 0 unspecified atom stereocenters. The molecular formula is C17H19N5O2. The highest BCUT2D eigenvalue weighted by atomic mass is 16.5. The van der Waals surface area contributed by atoms with Gasteiger partial charge in [-0.05, 0) is 31.0 Å². The fourth-order valence-corrected chi connectivity index (χ4v) is 3.69. The Balaban J connectivity index is 1.49. The summed E-state index contributed by atoms with van der Waals surface area (Å²) in [5, 5.41) is 8.64. The maximum absolute atomic E-state index is 11.3. The minimum absolute atomic E-state index is 0.243. The maximum atomic E-state index is 11.3. The molecule has 2 N–H and O–H groups in total. The zero-order valence-corrected chi connectivity index (χ0v) is 13.4. The highest BCUT2D eigenvalue weighted by Gasteiger charge is 2.44. The van der Waals surface area contributed by atoms with Crippen molar-refractivity contribution >= 4 is 17.5 Å². The van der Waals surface area contributed by atoms with Crippen LogP contribution in [0.2, 0.25) is 0 Å². The number of anilines is 2. The number of amides is 1. The number of hydroxylamine groups is 1. The second-order valence-electron chi connectivity index (χ2n) is 6.40. The lowest BCUT2D eigenvalue weighted by molar-refractivity contribution is 0.0705. The number of aryl methyl sites for hydroxylation is 1. The van der Waals surface area contributed by atoms with Crippen molar-refractivity contribution in [3.05, 3.63) is 47.8 Å². The lowest BCUT2D eigenvalue weighted by Crippen LogP contribution is -2.47. The lowest BCUT2D eigenvalue weighted by Gasteiger charge is -2.35. The van der Waals surface area contributed by atoms with Gasteiger partial charge in [-0.15, -0.1) is 0 Å². The molecule has 0 saturated carbocycles. The van der Waals surface area contributed by atoms with Crippen molar-refractivity contribution < 1.29 is 10.0 Å². The Hall–Kier alpha value is -2.67. The van der Waals surface area contributed by atoms with E-state index in [1.54, 1.807) is 5.48 Å². The van der Waals surface area contributed by atoms with Crippen molar-refractivity contribution in [2.75, 3.05) is 22.9 Å². The molecule has 1 amide bonds. The van der Waals surface area contributed by atoms with E-state index in [1.807, 2.05) is 0 Å². The molecule has 1 aromatic heterocycles. The van der Waals surface area contributed by atoms with Gasteiger partial charge in [0, 0.05) is 37.2 Å². The van der Waals surface area contributed by atoms with Crippen LogP contribution in [-0.2, 0) is 0 Å². The second-order valence-corrected chi connectivity index (χ2v) is 6.40. The number of piperazine rings is 1. The highest BCUT2D eigenvalue weighted by molar-refractivity contribution is 5.92. The van der Waals surface area contributed by atoms with Gasteiger partial charge >= 0.3 is 0 Å². The van der Waals surface area contributed by atoms with Gasteiger partial charge in [0.2, 0.25) is 5.95 Å². The molecular weight excluding hydrogens is 306 g/mol. The van der Waals surface area contributed by atoms with Crippen LogP contribution in [0, 0.1) is 6.92 Å². The SMILES string of the molecule is Cc1cccc(N2C[C@H]3C[C@@H]2CN3c2ncc(C(=O)NO)cn2)c1. The zero-order chi connectivity index (χ0) is 16.7. The van der Waals surface area contributed by atoms with Crippen molar-refractivity contribution in [3.63, 3.8) is 0 Å². The van der Waals surface area contributed by atoms with Crippen LogP contribution in [0.3, 0.4) is 0 Å². The monoisotopic (exact) mass is 325 g/mol. The van der Waals surface area contributed by atoms with E-state index in [2.05, 4.69) is 51.0 Å². The van der Waals surface area contributed by atoms with Crippen molar-refractivity contribution in [2.24, 2.45) is 0 Å². The van der Waals surface area contributed by atoms with Crippen LogP contribution >= 0.6 is 0 Å². The van der Waals surface area contributed by atoms with Crippen LogP contribution in [0.5, 0.6) is 0 Å². The smallest absolute Gasteiger partial charge is 0.277 e. The third-order valence-electron chi connectivity index (χ3n) is 4.83. The Kier molecular flexibility index (Phi) is 3.57. The maximum Gasteiger partial charge on any atom is 0.277 e. The predicted octanol–water partition coefficient (Wildman–Crippen LogP) is 1.37. The van der Waals surface area contributed by atoms with Crippen LogP contribution in [-0.4, -0.2) is 46.3 Å². The van der Waals surface area contributed by atoms with Gasteiger partial charge in [0.15, 0.2) is 0 Å². The number of nitrogens with zero attached hydrogens (tertiary/aromatic N) is 4. The summed E-state index contributed by atoms with van der Waals surface area (Å²) in [7, 11) is 0. The number of carbonyl (C=O) groups excluding carboxylic acids is 1. The van der Waals surface area contributed by atoms with Crippen molar-refractivity contribution in [1.82, 2.24) is 15.4 Å². The fourth-order valence-electron chi connectivity index (χ4n) is 3.69. The summed E-state index contributed by atoms with van der Waals surface area (Å²) < 4.78 is 0. The molecule has 7 heteroatoms. The molecule has 0 spiro atoms. The Labute approximate surface area is 139 Å². The van der Waals surface area contributed by atoms with Crippen LogP contribution in [0.25, 0.3) is 0 Å². The largest absolute Gasteiger partial charge is 0.365 e. The Morgan fingerprint density at radius 2 is 1.92 bits per heavy atom. The molecule has 2 aliphatic heterocycles.